The van der Waals surface area contributed by atoms with Gasteiger partial charge in [0.2, 0.25) is 5.78 Å². The first-order valence-electron chi connectivity index (χ1n) is 5.54. The molecule has 0 radical (unpaired) electrons. The second kappa shape index (κ2) is 4.13. The molecule has 0 aliphatic carbocycles. The lowest BCUT2D eigenvalue weighted by molar-refractivity contribution is 0.0999. The Morgan fingerprint density at radius 3 is 2.50 bits per heavy atom. The van der Waals surface area contributed by atoms with Gasteiger partial charge in [0, 0.05) is 17.8 Å². The van der Waals surface area contributed by atoms with Crippen LogP contribution in [-0.2, 0) is 10.0 Å². The molecule has 1 aliphatic rings. The number of sulfonamides is 1. The highest BCUT2D eigenvalue weighted by molar-refractivity contribution is 7.89. The van der Waals surface area contributed by atoms with Gasteiger partial charge in [-0.3, -0.25) is 9.10 Å². The lowest BCUT2D eigenvalue weighted by Crippen LogP contribution is -2.40. The number of Topliss-reactive ketones (excluding diaryl/α,β-unsaturated/α-hetero) is 1. The highest BCUT2D eigenvalue weighted by Gasteiger charge is 2.39. The van der Waals surface area contributed by atoms with E-state index in [0.717, 1.165) is 4.31 Å². The molecule has 0 aromatic heterocycles. The standard InChI is InChI=1S/C12H14N2O3S/c1-3-14-11(8(2)13)12(15)9-6-4-5-7-10(9)18(14,16)17/h4-7H,3,13H2,1-2H3. The number of likely N-dealkylation sites (N-methyl/N-ethyl adjacent to an activating group) is 1. The average Bonchev–Trinajstić information content (AvgIpc) is 2.33. The molecule has 1 aromatic carbocycles. The van der Waals surface area contributed by atoms with Gasteiger partial charge in [0.1, 0.15) is 5.70 Å². The third-order valence-corrected chi connectivity index (χ3v) is 4.76. The van der Waals surface area contributed by atoms with Gasteiger partial charge in [-0.2, -0.15) is 0 Å². The van der Waals surface area contributed by atoms with Gasteiger partial charge in [-0.1, -0.05) is 12.1 Å². The van der Waals surface area contributed by atoms with Crippen LogP contribution in [0.25, 0.3) is 0 Å². The summed E-state index contributed by atoms with van der Waals surface area (Å²) in [4.78, 5) is 12.3. The molecule has 1 aromatic rings. The minimum absolute atomic E-state index is 0.0434. The van der Waals surface area contributed by atoms with E-state index in [0.29, 0.717) is 0 Å². The Balaban J connectivity index is 2.85. The number of allylic oxidation sites excluding steroid dienone is 2. The van der Waals surface area contributed by atoms with E-state index in [1.165, 1.54) is 19.1 Å². The van der Waals surface area contributed by atoms with Crippen molar-refractivity contribution in [2.45, 2.75) is 18.7 Å². The normalized spacial score (nSPS) is 20.6. The molecule has 0 fully saturated rings. The predicted molar refractivity (Wildman–Crippen MR) is 67.2 cm³/mol. The van der Waals surface area contributed by atoms with Crippen molar-refractivity contribution in [3.63, 3.8) is 0 Å². The summed E-state index contributed by atoms with van der Waals surface area (Å²) >= 11 is 0. The van der Waals surface area contributed by atoms with E-state index in [4.69, 9.17) is 5.73 Å². The largest absolute Gasteiger partial charge is 0.400 e. The van der Waals surface area contributed by atoms with Crippen molar-refractivity contribution >= 4 is 15.8 Å². The fourth-order valence-corrected chi connectivity index (χ4v) is 3.80. The molecule has 0 saturated heterocycles. The molecular weight excluding hydrogens is 252 g/mol. The van der Waals surface area contributed by atoms with Crippen LogP contribution in [0, 0.1) is 0 Å². The summed E-state index contributed by atoms with van der Waals surface area (Å²) in [5.74, 6) is -0.345. The Bertz CT molecular complexity index is 643. The van der Waals surface area contributed by atoms with Crippen LogP contribution >= 0.6 is 0 Å². The number of carbonyl (C=O) groups excluding carboxylic acids is 1. The summed E-state index contributed by atoms with van der Waals surface area (Å²) in [6.45, 7) is 3.37. The number of fused-ring (bicyclic) bond motifs is 1. The van der Waals surface area contributed by atoms with Crippen LogP contribution in [0.5, 0.6) is 0 Å². The van der Waals surface area contributed by atoms with Crippen molar-refractivity contribution < 1.29 is 13.2 Å². The van der Waals surface area contributed by atoms with Gasteiger partial charge in [0.15, 0.2) is 0 Å². The minimum atomic E-state index is -3.69. The van der Waals surface area contributed by atoms with Gasteiger partial charge >= 0.3 is 0 Å². The molecule has 2 N–H and O–H groups in total. The van der Waals surface area contributed by atoms with Gasteiger partial charge in [-0.25, -0.2) is 8.42 Å². The van der Waals surface area contributed by atoms with Crippen LogP contribution in [0.3, 0.4) is 0 Å². The molecular formula is C12H14N2O3S. The van der Waals surface area contributed by atoms with Crippen LogP contribution in [0.15, 0.2) is 40.6 Å². The van der Waals surface area contributed by atoms with Gasteiger partial charge < -0.3 is 5.73 Å². The summed E-state index contributed by atoms with van der Waals surface area (Å²) in [5.41, 5.74) is 6.10. The van der Waals surface area contributed by atoms with Gasteiger partial charge in [0.05, 0.1) is 4.90 Å². The molecule has 0 saturated carbocycles. The molecule has 1 heterocycles. The fourth-order valence-electron chi connectivity index (χ4n) is 2.06. The Labute approximate surface area is 106 Å². The van der Waals surface area contributed by atoms with Crippen LogP contribution < -0.4 is 5.73 Å². The maximum Gasteiger partial charge on any atom is 0.265 e. The summed E-state index contributed by atoms with van der Waals surface area (Å²) in [5, 5.41) is 0. The van der Waals surface area contributed by atoms with E-state index in [9.17, 15) is 13.2 Å². The Morgan fingerprint density at radius 1 is 1.33 bits per heavy atom. The first kappa shape index (κ1) is 12.6. The van der Waals surface area contributed by atoms with Crippen molar-refractivity contribution in [2.75, 3.05) is 6.54 Å². The Morgan fingerprint density at radius 2 is 1.94 bits per heavy atom. The van der Waals surface area contributed by atoms with Crippen LogP contribution in [0.4, 0.5) is 0 Å². The van der Waals surface area contributed by atoms with Gasteiger partial charge in [-0.15, -0.1) is 0 Å². The lowest BCUT2D eigenvalue weighted by atomic mass is 10.1. The molecule has 0 spiro atoms. The van der Waals surface area contributed by atoms with E-state index < -0.39 is 10.0 Å². The summed E-state index contributed by atoms with van der Waals surface area (Å²) in [6.07, 6.45) is 0. The average molecular weight is 266 g/mol. The fraction of sp³-hybridized carbons (Fsp3) is 0.250. The monoisotopic (exact) mass is 266 g/mol. The molecule has 2 rings (SSSR count). The predicted octanol–water partition coefficient (Wildman–Crippen LogP) is 1.08. The van der Waals surface area contributed by atoms with Crippen molar-refractivity contribution in [1.29, 1.82) is 0 Å². The molecule has 0 bridgehead atoms. The Hall–Kier alpha value is -1.82. The van der Waals surface area contributed by atoms with Gasteiger partial charge in [-0.05, 0) is 26.0 Å². The van der Waals surface area contributed by atoms with Crippen molar-refractivity contribution in [3.8, 4) is 0 Å². The number of nitrogens with zero attached hydrogens (tertiary/aromatic N) is 1. The summed E-state index contributed by atoms with van der Waals surface area (Å²) in [6, 6.07) is 6.18. The van der Waals surface area contributed by atoms with E-state index in [1.54, 1.807) is 19.1 Å². The highest BCUT2D eigenvalue weighted by Crippen LogP contribution is 2.32. The smallest absolute Gasteiger partial charge is 0.265 e. The minimum Gasteiger partial charge on any atom is -0.400 e. The zero-order valence-corrected chi connectivity index (χ0v) is 11.0. The van der Waals surface area contributed by atoms with E-state index in [2.05, 4.69) is 0 Å². The number of benzene rings is 1. The SMILES string of the molecule is CCN1C(=C(C)N)C(=O)c2ccccc2S1(=O)=O. The number of nitrogens with two attached hydrogens (primary N) is 1. The zero-order valence-electron chi connectivity index (χ0n) is 10.2. The van der Waals surface area contributed by atoms with E-state index in [-0.39, 0.29) is 34.2 Å². The molecule has 18 heavy (non-hydrogen) atoms. The zero-order chi connectivity index (χ0) is 13.5. The third kappa shape index (κ3) is 1.60. The number of rotatable bonds is 1. The van der Waals surface area contributed by atoms with E-state index in [1.807, 2.05) is 0 Å². The second-order valence-electron chi connectivity index (χ2n) is 4.03. The highest BCUT2D eigenvalue weighted by atomic mass is 32.2. The molecule has 96 valence electrons. The summed E-state index contributed by atoms with van der Waals surface area (Å²) in [7, 11) is -3.69. The van der Waals surface area contributed by atoms with Crippen LogP contribution in [-0.4, -0.2) is 25.1 Å². The van der Waals surface area contributed by atoms with Gasteiger partial charge in [0.25, 0.3) is 10.0 Å². The van der Waals surface area contributed by atoms with Crippen molar-refractivity contribution in [2.24, 2.45) is 5.73 Å². The molecule has 0 atom stereocenters. The van der Waals surface area contributed by atoms with Crippen LogP contribution in [0.1, 0.15) is 24.2 Å². The molecule has 6 heteroatoms. The number of carbonyl (C=O) groups is 1. The van der Waals surface area contributed by atoms with Crippen LogP contribution in [0.2, 0.25) is 0 Å². The van der Waals surface area contributed by atoms with Crippen molar-refractivity contribution in [3.05, 3.63) is 41.2 Å². The first-order chi connectivity index (χ1) is 8.41. The van der Waals surface area contributed by atoms with E-state index >= 15 is 0 Å². The second-order valence-corrected chi connectivity index (χ2v) is 5.86. The number of ketones is 1. The lowest BCUT2D eigenvalue weighted by Gasteiger charge is -2.30. The quantitative estimate of drug-likeness (QED) is 0.771. The maximum absolute atomic E-state index is 12.4. The maximum atomic E-state index is 12.4. The summed E-state index contributed by atoms with van der Waals surface area (Å²) < 4.78 is 25.8. The number of hydrogen-bond donors (Lipinski definition) is 1. The molecule has 1 aliphatic heterocycles. The first-order valence-corrected chi connectivity index (χ1v) is 6.98. The molecule has 0 amide bonds. The molecule has 0 unspecified atom stereocenters. The topological polar surface area (TPSA) is 80.5 Å². The Kier molecular flexibility index (Phi) is 2.90. The van der Waals surface area contributed by atoms with Crippen molar-refractivity contribution in [1.82, 2.24) is 4.31 Å². The number of hydrogen-bond acceptors (Lipinski definition) is 4. The molecule has 5 nitrogen and oxygen atoms in total. The third-order valence-electron chi connectivity index (χ3n) is 2.82.